The molecule has 0 unspecified atom stereocenters. The number of rotatable bonds is 5. The monoisotopic (exact) mass is 357 g/mol. The van der Waals surface area contributed by atoms with Crippen molar-refractivity contribution in [2.24, 2.45) is 4.99 Å². The minimum atomic E-state index is -0.424. The van der Waals surface area contributed by atoms with Crippen molar-refractivity contribution in [1.29, 1.82) is 0 Å². The summed E-state index contributed by atoms with van der Waals surface area (Å²) >= 11 is 0. The second kappa shape index (κ2) is 8.35. The highest BCUT2D eigenvalue weighted by Gasteiger charge is 2.16. The summed E-state index contributed by atoms with van der Waals surface area (Å²) in [5, 5.41) is 20.3. The molecule has 0 bridgehead atoms. The lowest BCUT2D eigenvalue weighted by Crippen LogP contribution is -2.35. The van der Waals surface area contributed by atoms with Crippen LogP contribution in [-0.2, 0) is 4.74 Å². The van der Waals surface area contributed by atoms with Gasteiger partial charge in [0.15, 0.2) is 5.84 Å². The first-order valence-electron chi connectivity index (χ1n) is 8.13. The number of esters is 1. The number of hydrogen-bond donors (Lipinski definition) is 4. The van der Waals surface area contributed by atoms with Crippen LogP contribution in [0, 0.1) is 0 Å². The van der Waals surface area contributed by atoms with E-state index in [1.54, 1.807) is 37.4 Å². The third-order valence-electron chi connectivity index (χ3n) is 3.79. The zero-order valence-corrected chi connectivity index (χ0v) is 15.2. The van der Waals surface area contributed by atoms with Crippen molar-refractivity contribution in [3.05, 3.63) is 53.1 Å². The van der Waals surface area contributed by atoms with E-state index in [-0.39, 0.29) is 17.4 Å². The standard InChI is InChI=1S/C19H23N3O4/c1-11(2)14-9-15(17(24)10-16(14)23)18(22-20-3)21-13-7-5-12(6-8-13)19(25)26-4/h5-11,20,23-24H,1-4H3,(H,21,22). The number of nitrogens with one attached hydrogen (secondary N) is 2. The number of ether oxygens (including phenoxy) is 1. The second-order valence-electron chi connectivity index (χ2n) is 5.96. The molecule has 4 N–H and O–H groups in total. The van der Waals surface area contributed by atoms with E-state index in [4.69, 9.17) is 0 Å². The molecule has 0 spiro atoms. The van der Waals surface area contributed by atoms with Gasteiger partial charge in [0.05, 0.1) is 23.9 Å². The maximum Gasteiger partial charge on any atom is 0.337 e. The molecular formula is C19H23N3O4. The lowest BCUT2D eigenvalue weighted by molar-refractivity contribution is 0.0601. The molecule has 0 heterocycles. The molecule has 0 atom stereocenters. The zero-order valence-electron chi connectivity index (χ0n) is 15.2. The van der Waals surface area contributed by atoms with Crippen LogP contribution in [-0.4, -0.2) is 36.2 Å². The summed E-state index contributed by atoms with van der Waals surface area (Å²) < 4.78 is 4.67. The summed E-state index contributed by atoms with van der Waals surface area (Å²) in [6.45, 7) is 3.90. The van der Waals surface area contributed by atoms with Gasteiger partial charge in [-0.1, -0.05) is 13.8 Å². The van der Waals surface area contributed by atoms with Gasteiger partial charge in [0, 0.05) is 13.1 Å². The molecule has 0 amide bonds. The van der Waals surface area contributed by atoms with E-state index in [0.29, 0.717) is 28.2 Å². The number of nitrogens with zero attached hydrogens (tertiary/aromatic N) is 1. The average Bonchev–Trinajstić information content (AvgIpc) is 2.61. The third-order valence-corrected chi connectivity index (χ3v) is 3.79. The minimum absolute atomic E-state index is 0.0347. The fourth-order valence-corrected chi connectivity index (χ4v) is 2.44. The van der Waals surface area contributed by atoms with Crippen LogP contribution in [0.3, 0.4) is 0 Å². The number of methoxy groups -OCH3 is 1. The molecule has 7 nitrogen and oxygen atoms in total. The maximum absolute atomic E-state index is 11.5. The number of hydrazine groups is 1. The highest BCUT2D eigenvalue weighted by molar-refractivity contribution is 6.02. The topological polar surface area (TPSA) is 103 Å². The second-order valence-corrected chi connectivity index (χ2v) is 5.96. The lowest BCUT2D eigenvalue weighted by Gasteiger charge is -2.15. The number of carbonyl (C=O) groups is 1. The van der Waals surface area contributed by atoms with E-state index in [1.165, 1.54) is 13.2 Å². The molecule has 7 heteroatoms. The van der Waals surface area contributed by atoms with Crippen LogP contribution in [0.1, 0.15) is 41.3 Å². The summed E-state index contributed by atoms with van der Waals surface area (Å²) in [7, 11) is 3.00. The molecule has 2 aromatic carbocycles. The molecule has 2 aromatic rings. The number of carbonyl (C=O) groups excluding carboxylic acids is 1. The summed E-state index contributed by atoms with van der Waals surface area (Å²) in [5.74, 6) is -0.0406. The third kappa shape index (κ3) is 4.31. The molecule has 0 aliphatic heterocycles. The Morgan fingerprint density at radius 2 is 1.77 bits per heavy atom. The van der Waals surface area contributed by atoms with Crippen LogP contribution in [0.2, 0.25) is 0 Å². The Morgan fingerprint density at radius 3 is 2.31 bits per heavy atom. The molecule has 0 saturated heterocycles. The van der Waals surface area contributed by atoms with E-state index in [0.717, 1.165) is 0 Å². The van der Waals surface area contributed by atoms with Gasteiger partial charge >= 0.3 is 5.97 Å². The molecule has 26 heavy (non-hydrogen) atoms. The maximum atomic E-state index is 11.5. The Bertz CT molecular complexity index is 814. The van der Waals surface area contributed by atoms with Crippen molar-refractivity contribution in [1.82, 2.24) is 10.9 Å². The van der Waals surface area contributed by atoms with Gasteiger partial charge in [-0.3, -0.25) is 0 Å². The SMILES string of the molecule is CNNC(=Nc1ccc(C(=O)OC)cc1)c1cc(C(C)C)c(O)cc1O. The predicted octanol–water partition coefficient (Wildman–Crippen LogP) is 2.81. The first-order valence-corrected chi connectivity index (χ1v) is 8.13. The van der Waals surface area contributed by atoms with Gasteiger partial charge in [0.2, 0.25) is 0 Å². The van der Waals surface area contributed by atoms with Crippen molar-refractivity contribution in [2.75, 3.05) is 14.2 Å². The van der Waals surface area contributed by atoms with Crippen LogP contribution >= 0.6 is 0 Å². The van der Waals surface area contributed by atoms with Crippen LogP contribution in [0.5, 0.6) is 11.5 Å². The van der Waals surface area contributed by atoms with E-state index in [9.17, 15) is 15.0 Å². The summed E-state index contributed by atoms with van der Waals surface area (Å²) in [4.78, 5) is 16.0. The van der Waals surface area contributed by atoms with E-state index < -0.39 is 5.97 Å². The van der Waals surface area contributed by atoms with Gasteiger partial charge in [0.25, 0.3) is 0 Å². The van der Waals surface area contributed by atoms with Gasteiger partial charge in [-0.2, -0.15) is 0 Å². The van der Waals surface area contributed by atoms with Crippen molar-refractivity contribution in [3.8, 4) is 11.5 Å². The van der Waals surface area contributed by atoms with Crippen LogP contribution in [0.4, 0.5) is 5.69 Å². The van der Waals surface area contributed by atoms with Crippen molar-refractivity contribution in [2.45, 2.75) is 19.8 Å². The fourth-order valence-electron chi connectivity index (χ4n) is 2.44. The largest absolute Gasteiger partial charge is 0.508 e. The van der Waals surface area contributed by atoms with Gasteiger partial charge in [-0.05, 0) is 41.8 Å². The van der Waals surface area contributed by atoms with Crippen LogP contribution in [0.15, 0.2) is 41.4 Å². The Labute approximate surface area is 152 Å². The molecule has 0 saturated carbocycles. The Hall–Kier alpha value is -3.06. The Kier molecular flexibility index (Phi) is 6.19. The van der Waals surface area contributed by atoms with Gasteiger partial charge in [-0.25, -0.2) is 15.2 Å². The molecule has 0 aliphatic carbocycles. The van der Waals surface area contributed by atoms with Crippen molar-refractivity contribution < 1.29 is 19.7 Å². The molecule has 0 fully saturated rings. The first kappa shape index (κ1) is 19.3. The van der Waals surface area contributed by atoms with Gasteiger partial charge < -0.3 is 20.4 Å². The first-order chi connectivity index (χ1) is 12.4. The number of aromatic hydroxyl groups is 2. The number of amidine groups is 1. The van der Waals surface area contributed by atoms with E-state index >= 15 is 0 Å². The molecule has 138 valence electrons. The molecule has 0 radical (unpaired) electrons. The highest BCUT2D eigenvalue weighted by Crippen LogP contribution is 2.32. The summed E-state index contributed by atoms with van der Waals surface area (Å²) in [5.41, 5.74) is 7.82. The normalized spacial score (nSPS) is 11.5. The fraction of sp³-hybridized carbons (Fsp3) is 0.263. The van der Waals surface area contributed by atoms with Gasteiger partial charge in [0.1, 0.15) is 11.5 Å². The smallest absolute Gasteiger partial charge is 0.337 e. The Balaban J connectivity index is 2.47. The quantitative estimate of drug-likeness (QED) is 0.284. The minimum Gasteiger partial charge on any atom is -0.508 e. The molecule has 2 rings (SSSR count). The number of aliphatic imine (C=N–C) groups is 1. The van der Waals surface area contributed by atoms with E-state index in [1.807, 2.05) is 13.8 Å². The van der Waals surface area contributed by atoms with Crippen molar-refractivity contribution >= 4 is 17.5 Å². The van der Waals surface area contributed by atoms with E-state index in [2.05, 4.69) is 20.6 Å². The van der Waals surface area contributed by atoms with Crippen LogP contribution in [0.25, 0.3) is 0 Å². The number of phenols is 2. The molecule has 0 aliphatic rings. The summed E-state index contributed by atoms with van der Waals surface area (Å²) in [6, 6.07) is 9.56. The zero-order chi connectivity index (χ0) is 19.3. The Morgan fingerprint density at radius 1 is 1.12 bits per heavy atom. The predicted molar refractivity (Wildman–Crippen MR) is 100 cm³/mol. The average molecular weight is 357 g/mol. The molecule has 0 aromatic heterocycles. The molecular weight excluding hydrogens is 334 g/mol. The number of hydrogen-bond acceptors (Lipinski definition) is 6. The highest BCUT2D eigenvalue weighted by atomic mass is 16.5. The summed E-state index contributed by atoms with van der Waals surface area (Å²) in [6.07, 6.45) is 0. The number of benzene rings is 2. The lowest BCUT2D eigenvalue weighted by atomic mass is 9.98. The number of phenolic OH excluding ortho intramolecular Hbond substituents is 2. The van der Waals surface area contributed by atoms with Crippen LogP contribution < -0.4 is 10.9 Å². The van der Waals surface area contributed by atoms with Gasteiger partial charge in [-0.15, -0.1) is 0 Å². The van der Waals surface area contributed by atoms with Crippen molar-refractivity contribution in [3.63, 3.8) is 0 Å².